The highest BCUT2D eigenvalue weighted by Gasteiger charge is 2.37. The zero-order valence-electron chi connectivity index (χ0n) is 14.5. The number of hydrogen-bond acceptors (Lipinski definition) is 5. The molecule has 0 spiro atoms. The van der Waals surface area contributed by atoms with Gasteiger partial charge in [-0.1, -0.05) is 49.7 Å². The molecule has 1 fully saturated rings. The summed E-state index contributed by atoms with van der Waals surface area (Å²) in [6.45, 7) is 2.49. The van der Waals surface area contributed by atoms with Gasteiger partial charge >= 0.3 is 0 Å². The molecule has 0 radical (unpaired) electrons. The Hall–Kier alpha value is -1.99. The number of benzene rings is 1. The van der Waals surface area contributed by atoms with E-state index in [1.807, 2.05) is 17.5 Å². The van der Waals surface area contributed by atoms with Gasteiger partial charge in [-0.05, 0) is 35.6 Å². The number of halogens is 1. The van der Waals surface area contributed by atoms with Gasteiger partial charge in [-0.15, -0.1) is 16.4 Å². The van der Waals surface area contributed by atoms with E-state index < -0.39 is 0 Å². The van der Waals surface area contributed by atoms with E-state index in [4.69, 9.17) is 0 Å². The van der Waals surface area contributed by atoms with Gasteiger partial charge in [-0.2, -0.15) is 5.10 Å². The minimum absolute atomic E-state index is 0.0536. The van der Waals surface area contributed by atoms with E-state index >= 15 is 0 Å². The molecule has 1 saturated heterocycles. The zero-order chi connectivity index (χ0) is 18.4. The monoisotopic (exact) mass is 389 g/mol. The van der Waals surface area contributed by atoms with Crippen LogP contribution in [0.15, 0.2) is 52.0 Å². The van der Waals surface area contributed by atoms with Gasteiger partial charge < -0.3 is 0 Å². The number of hydrogen-bond donors (Lipinski definition) is 0. The molecule has 136 valence electrons. The van der Waals surface area contributed by atoms with Crippen molar-refractivity contribution in [1.82, 2.24) is 4.90 Å². The molecule has 1 aromatic heterocycles. The predicted molar refractivity (Wildman–Crippen MR) is 107 cm³/mol. The lowest BCUT2D eigenvalue weighted by Gasteiger charge is -2.15. The second kappa shape index (κ2) is 9.09. The van der Waals surface area contributed by atoms with Crippen LogP contribution in [-0.2, 0) is 11.3 Å². The topological polar surface area (TPSA) is 45.0 Å². The van der Waals surface area contributed by atoms with E-state index in [0.29, 0.717) is 11.7 Å². The summed E-state index contributed by atoms with van der Waals surface area (Å²) in [5, 5.41) is 10.9. The minimum atomic E-state index is -0.286. The molecule has 3 rings (SSSR count). The number of rotatable bonds is 7. The SMILES string of the molecule is CCCCC1S/C(=N\N=C\c2cccs2)N(Cc2ccc(F)cc2)C1=O. The molecule has 1 aromatic carbocycles. The Balaban J connectivity index is 1.78. The fraction of sp³-hybridized carbons (Fsp3) is 0.316. The Morgan fingerprint density at radius 1 is 1.27 bits per heavy atom. The van der Waals surface area contributed by atoms with E-state index in [9.17, 15) is 9.18 Å². The summed E-state index contributed by atoms with van der Waals surface area (Å²) in [5.41, 5.74) is 0.867. The average molecular weight is 390 g/mol. The first-order chi connectivity index (χ1) is 12.7. The minimum Gasteiger partial charge on any atom is -0.284 e. The molecule has 1 aliphatic rings. The maximum absolute atomic E-state index is 13.1. The molecule has 0 saturated carbocycles. The average Bonchev–Trinajstić information content (AvgIpc) is 3.25. The van der Waals surface area contributed by atoms with Gasteiger partial charge in [0, 0.05) is 4.88 Å². The summed E-state index contributed by atoms with van der Waals surface area (Å²) < 4.78 is 13.1. The number of carbonyl (C=O) groups excluding carboxylic acids is 1. The Labute approximate surface area is 160 Å². The highest BCUT2D eigenvalue weighted by atomic mass is 32.2. The fourth-order valence-corrected chi connectivity index (χ4v) is 4.30. The lowest BCUT2D eigenvalue weighted by Crippen LogP contribution is -2.31. The van der Waals surface area contributed by atoms with Crippen LogP contribution in [0.5, 0.6) is 0 Å². The maximum Gasteiger partial charge on any atom is 0.242 e. The van der Waals surface area contributed by atoms with Crippen LogP contribution in [0.4, 0.5) is 4.39 Å². The first-order valence-electron chi connectivity index (χ1n) is 8.54. The van der Waals surface area contributed by atoms with Crippen molar-refractivity contribution in [3.05, 3.63) is 58.0 Å². The van der Waals surface area contributed by atoms with Gasteiger partial charge in [0.05, 0.1) is 18.0 Å². The van der Waals surface area contributed by atoms with Crippen LogP contribution >= 0.6 is 23.1 Å². The van der Waals surface area contributed by atoms with Crippen molar-refractivity contribution < 1.29 is 9.18 Å². The molecule has 1 atom stereocenters. The smallest absolute Gasteiger partial charge is 0.242 e. The van der Waals surface area contributed by atoms with E-state index in [-0.39, 0.29) is 17.0 Å². The first kappa shape index (κ1) is 18.8. The summed E-state index contributed by atoms with van der Waals surface area (Å²) in [4.78, 5) is 15.5. The summed E-state index contributed by atoms with van der Waals surface area (Å²) in [6, 6.07) is 10.1. The van der Waals surface area contributed by atoms with Gasteiger partial charge in [-0.3, -0.25) is 9.69 Å². The third-order valence-electron chi connectivity index (χ3n) is 3.97. The van der Waals surface area contributed by atoms with Gasteiger partial charge in [0.15, 0.2) is 5.17 Å². The van der Waals surface area contributed by atoms with Crippen molar-refractivity contribution >= 4 is 40.4 Å². The second-order valence-corrected chi connectivity index (χ2v) is 8.09. The number of nitrogens with zero attached hydrogens (tertiary/aromatic N) is 3. The molecule has 7 heteroatoms. The normalized spacial score (nSPS) is 19.2. The third kappa shape index (κ3) is 4.80. The number of thiophene rings is 1. The molecule has 2 heterocycles. The lowest BCUT2D eigenvalue weighted by atomic mass is 10.1. The zero-order valence-corrected chi connectivity index (χ0v) is 16.1. The highest BCUT2D eigenvalue weighted by Crippen LogP contribution is 2.32. The molecule has 2 aromatic rings. The van der Waals surface area contributed by atoms with E-state index in [0.717, 1.165) is 29.7 Å². The molecule has 0 N–H and O–H groups in total. The Morgan fingerprint density at radius 2 is 2.08 bits per heavy atom. The summed E-state index contributed by atoms with van der Waals surface area (Å²) >= 11 is 3.05. The van der Waals surface area contributed by atoms with Crippen molar-refractivity contribution in [2.45, 2.75) is 38.0 Å². The predicted octanol–water partition coefficient (Wildman–Crippen LogP) is 4.91. The van der Waals surface area contributed by atoms with E-state index in [2.05, 4.69) is 17.1 Å². The summed E-state index contributed by atoms with van der Waals surface area (Å²) in [7, 11) is 0. The van der Waals surface area contributed by atoms with Crippen LogP contribution in [-0.4, -0.2) is 27.4 Å². The summed E-state index contributed by atoms with van der Waals surface area (Å²) in [6.07, 6.45) is 4.57. The molecule has 1 aliphatic heterocycles. The Kier molecular flexibility index (Phi) is 6.57. The quantitative estimate of drug-likeness (QED) is 0.499. The largest absolute Gasteiger partial charge is 0.284 e. The van der Waals surface area contributed by atoms with Gasteiger partial charge in [0.2, 0.25) is 5.91 Å². The van der Waals surface area contributed by atoms with Gasteiger partial charge in [0.25, 0.3) is 0 Å². The molecule has 1 amide bonds. The number of unbranched alkanes of at least 4 members (excludes halogenated alkanes) is 1. The molecule has 1 unspecified atom stereocenters. The van der Waals surface area contributed by atoms with Crippen molar-refractivity contribution in [3.63, 3.8) is 0 Å². The maximum atomic E-state index is 13.1. The van der Waals surface area contributed by atoms with Crippen molar-refractivity contribution in [1.29, 1.82) is 0 Å². The number of thioether (sulfide) groups is 1. The Morgan fingerprint density at radius 3 is 2.77 bits per heavy atom. The number of carbonyl (C=O) groups is 1. The third-order valence-corrected chi connectivity index (χ3v) is 6.01. The van der Waals surface area contributed by atoms with Crippen molar-refractivity contribution in [2.24, 2.45) is 10.2 Å². The molecular weight excluding hydrogens is 369 g/mol. The lowest BCUT2D eigenvalue weighted by molar-refractivity contribution is -0.126. The molecule has 0 bridgehead atoms. The standard InChI is InChI=1S/C19H20FN3OS2/c1-2-3-6-17-18(24)23(13-14-7-9-15(20)10-8-14)19(26-17)22-21-12-16-5-4-11-25-16/h4-5,7-12,17H,2-3,6,13H2,1H3/b21-12+,22-19-. The van der Waals surface area contributed by atoms with Crippen LogP contribution < -0.4 is 0 Å². The molecule has 4 nitrogen and oxygen atoms in total. The fourth-order valence-electron chi connectivity index (χ4n) is 2.58. The van der Waals surface area contributed by atoms with Crippen LogP contribution in [0.3, 0.4) is 0 Å². The van der Waals surface area contributed by atoms with Crippen LogP contribution in [0.1, 0.15) is 36.6 Å². The van der Waals surface area contributed by atoms with Crippen LogP contribution in [0.25, 0.3) is 0 Å². The number of amidine groups is 1. The first-order valence-corrected chi connectivity index (χ1v) is 10.3. The van der Waals surface area contributed by atoms with Gasteiger partial charge in [-0.25, -0.2) is 4.39 Å². The van der Waals surface area contributed by atoms with Crippen LogP contribution in [0, 0.1) is 5.82 Å². The molecular formula is C19H20FN3OS2. The molecule has 0 aliphatic carbocycles. The highest BCUT2D eigenvalue weighted by molar-refractivity contribution is 8.15. The van der Waals surface area contributed by atoms with E-state index in [1.54, 1.807) is 34.6 Å². The van der Waals surface area contributed by atoms with Crippen molar-refractivity contribution in [3.8, 4) is 0 Å². The van der Waals surface area contributed by atoms with Gasteiger partial charge in [0.1, 0.15) is 5.82 Å². The second-order valence-electron chi connectivity index (χ2n) is 5.94. The van der Waals surface area contributed by atoms with Crippen LogP contribution in [0.2, 0.25) is 0 Å². The summed E-state index contributed by atoms with van der Waals surface area (Å²) in [5.74, 6) is -0.232. The Bertz CT molecular complexity index is 788. The van der Waals surface area contributed by atoms with E-state index in [1.165, 1.54) is 23.9 Å². The molecule has 26 heavy (non-hydrogen) atoms. The van der Waals surface area contributed by atoms with Crippen molar-refractivity contribution in [2.75, 3.05) is 0 Å². The number of amides is 1.